The van der Waals surface area contributed by atoms with Crippen molar-refractivity contribution in [3.63, 3.8) is 0 Å². The lowest BCUT2D eigenvalue weighted by atomic mass is 10.0. The summed E-state index contributed by atoms with van der Waals surface area (Å²) in [4.78, 5) is 6.99. The molecule has 1 fully saturated rings. The third kappa shape index (κ3) is 4.44. The number of likely N-dealkylation sites (N-methyl/N-ethyl adjacent to an activating group) is 1. The Morgan fingerprint density at radius 1 is 1.48 bits per heavy atom. The van der Waals surface area contributed by atoms with Gasteiger partial charge < -0.3 is 10.2 Å². The number of aromatic nitrogens is 3. The van der Waals surface area contributed by atoms with Gasteiger partial charge in [-0.05, 0) is 33.9 Å². The quantitative estimate of drug-likeness (QED) is 0.832. The Hall–Kier alpha value is -0.590. The summed E-state index contributed by atoms with van der Waals surface area (Å²) in [5.41, 5.74) is 0. The van der Waals surface area contributed by atoms with E-state index in [4.69, 9.17) is 0 Å². The average molecular weight is 311 g/mol. The molecule has 6 heteroatoms. The van der Waals surface area contributed by atoms with Gasteiger partial charge >= 0.3 is 0 Å². The first-order valence-electron chi connectivity index (χ1n) is 8.03. The van der Waals surface area contributed by atoms with Gasteiger partial charge in [-0.1, -0.05) is 6.92 Å². The third-order valence-electron chi connectivity index (χ3n) is 4.10. The molecule has 1 saturated heterocycles. The molecule has 0 radical (unpaired) electrons. The van der Waals surface area contributed by atoms with Gasteiger partial charge in [-0.3, -0.25) is 0 Å². The molecule has 0 saturated carbocycles. The molecule has 1 aliphatic rings. The standard InChI is InChI=1S/C15H29N5S/c1-5-6-16-13(14-10-21-8-7-19(14)4)9-15-17-11-18-20(15)12(2)3/h11-14,16H,5-10H2,1-4H3. The number of hydrogen-bond donors (Lipinski definition) is 1. The van der Waals surface area contributed by atoms with Crippen LogP contribution >= 0.6 is 11.8 Å². The molecule has 2 atom stereocenters. The van der Waals surface area contributed by atoms with E-state index in [0.29, 0.717) is 18.1 Å². The van der Waals surface area contributed by atoms with Crippen molar-refractivity contribution in [2.24, 2.45) is 0 Å². The summed E-state index contributed by atoms with van der Waals surface area (Å²) < 4.78 is 2.05. The van der Waals surface area contributed by atoms with E-state index in [1.807, 2.05) is 0 Å². The Balaban J connectivity index is 2.09. The summed E-state index contributed by atoms with van der Waals surface area (Å²) >= 11 is 2.07. The Kier molecular flexibility index (Phi) is 6.51. The van der Waals surface area contributed by atoms with Crippen molar-refractivity contribution in [1.82, 2.24) is 25.0 Å². The van der Waals surface area contributed by atoms with Gasteiger partial charge in [0.15, 0.2) is 0 Å². The average Bonchev–Trinajstić information content (AvgIpc) is 2.92. The van der Waals surface area contributed by atoms with E-state index < -0.39 is 0 Å². The van der Waals surface area contributed by atoms with Crippen molar-refractivity contribution in [3.05, 3.63) is 12.2 Å². The van der Waals surface area contributed by atoms with Crippen LogP contribution in [0, 0.1) is 0 Å². The molecule has 0 aliphatic carbocycles. The van der Waals surface area contributed by atoms with Gasteiger partial charge in [-0.15, -0.1) is 0 Å². The molecular formula is C15H29N5S. The summed E-state index contributed by atoms with van der Waals surface area (Å²) in [6, 6.07) is 1.39. The maximum atomic E-state index is 4.49. The van der Waals surface area contributed by atoms with Gasteiger partial charge in [-0.2, -0.15) is 16.9 Å². The van der Waals surface area contributed by atoms with Crippen molar-refractivity contribution >= 4 is 11.8 Å². The lowest BCUT2D eigenvalue weighted by molar-refractivity contribution is 0.210. The van der Waals surface area contributed by atoms with E-state index in [1.165, 1.54) is 18.1 Å². The van der Waals surface area contributed by atoms with Crippen LogP contribution < -0.4 is 5.32 Å². The van der Waals surface area contributed by atoms with Crippen LogP contribution in [0.25, 0.3) is 0 Å². The second-order valence-corrected chi connectivity index (χ2v) is 7.25. The maximum absolute atomic E-state index is 4.49. The molecule has 1 N–H and O–H groups in total. The van der Waals surface area contributed by atoms with Crippen LogP contribution in [0.4, 0.5) is 0 Å². The van der Waals surface area contributed by atoms with E-state index in [0.717, 1.165) is 25.2 Å². The molecule has 2 rings (SSSR count). The zero-order valence-corrected chi connectivity index (χ0v) is 14.6. The fraction of sp³-hybridized carbons (Fsp3) is 0.867. The SMILES string of the molecule is CCCNC(Cc1ncnn1C(C)C)C1CSCCN1C. The van der Waals surface area contributed by atoms with Crippen LogP contribution in [0.3, 0.4) is 0 Å². The first-order valence-corrected chi connectivity index (χ1v) is 9.18. The number of hydrogen-bond acceptors (Lipinski definition) is 5. The van der Waals surface area contributed by atoms with E-state index in [1.54, 1.807) is 6.33 Å². The fourth-order valence-corrected chi connectivity index (χ4v) is 4.16. The summed E-state index contributed by atoms with van der Waals surface area (Å²) in [6.45, 7) is 8.79. The Labute approximate surface area is 132 Å². The van der Waals surface area contributed by atoms with E-state index in [-0.39, 0.29) is 0 Å². The molecule has 0 aromatic carbocycles. The van der Waals surface area contributed by atoms with Crippen molar-refractivity contribution in [2.75, 3.05) is 31.6 Å². The summed E-state index contributed by atoms with van der Waals surface area (Å²) in [5.74, 6) is 3.55. The van der Waals surface area contributed by atoms with Gasteiger partial charge in [0.2, 0.25) is 0 Å². The van der Waals surface area contributed by atoms with Gasteiger partial charge in [0.25, 0.3) is 0 Å². The monoisotopic (exact) mass is 311 g/mol. The lowest BCUT2D eigenvalue weighted by Crippen LogP contribution is -2.54. The largest absolute Gasteiger partial charge is 0.312 e. The first kappa shape index (κ1) is 16.8. The van der Waals surface area contributed by atoms with Gasteiger partial charge in [0.05, 0.1) is 0 Å². The predicted molar refractivity (Wildman–Crippen MR) is 89.9 cm³/mol. The Morgan fingerprint density at radius 2 is 2.29 bits per heavy atom. The Bertz CT molecular complexity index is 420. The molecule has 1 aliphatic heterocycles. The molecule has 21 heavy (non-hydrogen) atoms. The molecule has 1 aromatic heterocycles. The molecule has 0 amide bonds. The van der Waals surface area contributed by atoms with Crippen LogP contribution in [0.5, 0.6) is 0 Å². The predicted octanol–water partition coefficient (Wildman–Crippen LogP) is 1.82. The summed E-state index contributed by atoms with van der Waals surface area (Å²) in [7, 11) is 2.25. The normalized spacial score (nSPS) is 21.9. The first-order chi connectivity index (χ1) is 10.1. The highest BCUT2D eigenvalue weighted by Crippen LogP contribution is 2.20. The minimum Gasteiger partial charge on any atom is -0.312 e. The second kappa shape index (κ2) is 8.15. The lowest BCUT2D eigenvalue weighted by Gasteiger charge is -2.38. The van der Waals surface area contributed by atoms with Crippen molar-refractivity contribution in [1.29, 1.82) is 0 Å². The van der Waals surface area contributed by atoms with Gasteiger partial charge in [0.1, 0.15) is 12.2 Å². The highest BCUT2D eigenvalue weighted by molar-refractivity contribution is 7.99. The highest BCUT2D eigenvalue weighted by atomic mass is 32.2. The highest BCUT2D eigenvalue weighted by Gasteiger charge is 2.29. The molecule has 0 spiro atoms. The van der Waals surface area contributed by atoms with Crippen LogP contribution in [-0.4, -0.2) is 63.4 Å². The van der Waals surface area contributed by atoms with Crippen LogP contribution in [0.15, 0.2) is 6.33 Å². The fourth-order valence-electron chi connectivity index (χ4n) is 2.85. The number of nitrogens with zero attached hydrogens (tertiary/aromatic N) is 4. The maximum Gasteiger partial charge on any atom is 0.138 e. The van der Waals surface area contributed by atoms with E-state index in [9.17, 15) is 0 Å². The molecule has 120 valence electrons. The number of thioether (sulfide) groups is 1. The van der Waals surface area contributed by atoms with Crippen LogP contribution in [-0.2, 0) is 6.42 Å². The minimum atomic E-state index is 0.368. The van der Waals surface area contributed by atoms with Crippen LogP contribution in [0.2, 0.25) is 0 Å². The molecule has 1 aromatic rings. The third-order valence-corrected chi connectivity index (χ3v) is 5.15. The smallest absolute Gasteiger partial charge is 0.138 e. The van der Waals surface area contributed by atoms with Gasteiger partial charge in [0, 0.05) is 42.6 Å². The van der Waals surface area contributed by atoms with Gasteiger partial charge in [-0.25, -0.2) is 9.67 Å². The Morgan fingerprint density at radius 3 is 2.95 bits per heavy atom. The van der Waals surface area contributed by atoms with E-state index >= 15 is 0 Å². The molecule has 0 bridgehead atoms. The molecule has 5 nitrogen and oxygen atoms in total. The number of nitrogens with one attached hydrogen (secondary N) is 1. The zero-order chi connectivity index (χ0) is 15.2. The molecule has 2 heterocycles. The topological polar surface area (TPSA) is 46.0 Å². The van der Waals surface area contributed by atoms with Crippen molar-refractivity contribution in [3.8, 4) is 0 Å². The second-order valence-electron chi connectivity index (χ2n) is 6.10. The number of rotatable bonds is 7. The molecular weight excluding hydrogens is 282 g/mol. The molecule has 2 unspecified atom stereocenters. The zero-order valence-electron chi connectivity index (χ0n) is 13.7. The summed E-state index contributed by atoms with van der Waals surface area (Å²) in [5, 5.41) is 8.11. The summed E-state index contributed by atoms with van der Waals surface area (Å²) in [6.07, 6.45) is 3.80. The van der Waals surface area contributed by atoms with Crippen molar-refractivity contribution in [2.45, 2.75) is 51.7 Å². The van der Waals surface area contributed by atoms with Crippen molar-refractivity contribution < 1.29 is 0 Å². The van der Waals surface area contributed by atoms with E-state index in [2.05, 4.69) is 64.6 Å². The minimum absolute atomic E-state index is 0.368. The van der Waals surface area contributed by atoms with Crippen LogP contribution in [0.1, 0.15) is 39.1 Å².